The van der Waals surface area contributed by atoms with E-state index in [1.54, 1.807) is 12.1 Å². The summed E-state index contributed by atoms with van der Waals surface area (Å²) in [6.07, 6.45) is 2.89. The summed E-state index contributed by atoms with van der Waals surface area (Å²) in [6, 6.07) is 3.32. The van der Waals surface area contributed by atoms with E-state index in [9.17, 15) is 0 Å². The fourth-order valence-electron chi connectivity index (χ4n) is 1.65. The molecular formula is C13H15N3O4. The molecule has 0 atom stereocenters. The maximum atomic E-state index is 5.57. The molecule has 1 aromatic carbocycles. The van der Waals surface area contributed by atoms with Gasteiger partial charge in [-0.2, -0.15) is 4.98 Å². The molecular weight excluding hydrogens is 262 g/mol. The van der Waals surface area contributed by atoms with E-state index >= 15 is 0 Å². The molecule has 2 N–H and O–H groups in total. The predicted octanol–water partition coefficient (Wildman–Crippen LogP) is 1.88. The first-order chi connectivity index (χ1) is 9.67. The largest absolute Gasteiger partial charge is 0.493 e. The molecule has 0 bridgehead atoms. The number of nitrogens with two attached hydrogens (primary N) is 1. The molecule has 7 heteroatoms. The summed E-state index contributed by atoms with van der Waals surface area (Å²) in [5.74, 6) is 2.48. The Balaban J connectivity index is 2.37. The summed E-state index contributed by atoms with van der Waals surface area (Å²) in [5.41, 5.74) is 5.55. The van der Waals surface area contributed by atoms with E-state index in [2.05, 4.69) is 9.97 Å². The minimum Gasteiger partial charge on any atom is -0.493 e. The van der Waals surface area contributed by atoms with Crippen molar-refractivity contribution in [1.29, 1.82) is 0 Å². The van der Waals surface area contributed by atoms with Crippen LogP contribution >= 0.6 is 0 Å². The third-order valence-corrected chi connectivity index (χ3v) is 2.49. The van der Waals surface area contributed by atoms with Crippen LogP contribution < -0.4 is 24.7 Å². The van der Waals surface area contributed by atoms with E-state index in [4.69, 9.17) is 24.7 Å². The highest BCUT2D eigenvalue weighted by molar-refractivity contribution is 5.56. The van der Waals surface area contributed by atoms with Crippen LogP contribution in [0.1, 0.15) is 0 Å². The molecule has 2 aromatic rings. The predicted molar refractivity (Wildman–Crippen MR) is 72.6 cm³/mol. The van der Waals surface area contributed by atoms with E-state index in [-0.39, 0.29) is 11.7 Å². The molecule has 2 rings (SSSR count). The Labute approximate surface area is 116 Å². The van der Waals surface area contributed by atoms with Crippen LogP contribution in [0, 0.1) is 0 Å². The van der Waals surface area contributed by atoms with Gasteiger partial charge in [0.25, 0.3) is 0 Å². The van der Waals surface area contributed by atoms with Crippen LogP contribution in [0.15, 0.2) is 24.5 Å². The van der Waals surface area contributed by atoms with Crippen LogP contribution in [-0.2, 0) is 0 Å². The van der Waals surface area contributed by atoms with Crippen LogP contribution in [-0.4, -0.2) is 31.3 Å². The number of nitrogen functional groups attached to an aromatic ring is 1. The third kappa shape index (κ3) is 2.82. The molecule has 0 radical (unpaired) electrons. The Morgan fingerprint density at radius 1 is 0.950 bits per heavy atom. The molecule has 20 heavy (non-hydrogen) atoms. The van der Waals surface area contributed by atoms with Crippen molar-refractivity contribution in [3.05, 3.63) is 24.5 Å². The Morgan fingerprint density at radius 2 is 1.60 bits per heavy atom. The van der Waals surface area contributed by atoms with Gasteiger partial charge in [-0.15, -0.1) is 0 Å². The summed E-state index contributed by atoms with van der Waals surface area (Å²) in [4.78, 5) is 7.90. The smallest absolute Gasteiger partial charge is 0.239 e. The van der Waals surface area contributed by atoms with Crippen LogP contribution in [0.3, 0.4) is 0 Å². The second-order valence-electron chi connectivity index (χ2n) is 3.75. The second kappa shape index (κ2) is 5.96. The third-order valence-electron chi connectivity index (χ3n) is 2.49. The number of benzene rings is 1. The summed E-state index contributed by atoms with van der Waals surface area (Å²) < 4.78 is 21.3. The van der Waals surface area contributed by atoms with Crippen molar-refractivity contribution in [2.75, 3.05) is 27.1 Å². The fourth-order valence-corrected chi connectivity index (χ4v) is 1.65. The molecule has 1 heterocycles. The highest BCUT2D eigenvalue weighted by Crippen LogP contribution is 2.41. The lowest BCUT2D eigenvalue weighted by Gasteiger charge is -2.14. The van der Waals surface area contributed by atoms with Gasteiger partial charge in [-0.05, 0) is 0 Å². The zero-order valence-electron chi connectivity index (χ0n) is 11.4. The maximum Gasteiger partial charge on any atom is 0.239 e. The van der Waals surface area contributed by atoms with E-state index in [0.29, 0.717) is 23.0 Å². The molecule has 0 aliphatic heterocycles. The number of methoxy groups -OCH3 is 3. The van der Waals surface area contributed by atoms with E-state index in [1.165, 1.54) is 33.7 Å². The Morgan fingerprint density at radius 3 is 2.10 bits per heavy atom. The van der Waals surface area contributed by atoms with E-state index < -0.39 is 0 Å². The molecule has 1 aromatic heterocycles. The summed E-state index contributed by atoms with van der Waals surface area (Å²) in [5, 5.41) is 0. The number of aromatic nitrogens is 2. The van der Waals surface area contributed by atoms with Crippen molar-refractivity contribution < 1.29 is 18.9 Å². The minimum atomic E-state index is 0.273. The summed E-state index contributed by atoms with van der Waals surface area (Å²) in [7, 11) is 4.59. The fraction of sp³-hybridized carbons (Fsp3) is 0.231. The van der Waals surface area contributed by atoms with Gasteiger partial charge in [0.1, 0.15) is 11.6 Å². The number of nitrogens with zero attached hydrogens (tertiary/aromatic N) is 2. The number of rotatable bonds is 5. The van der Waals surface area contributed by atoms with Crippen molar-refractivity contribution in [2.24, 2.45) is 0 Å². The highest BCUT2D eigenvalue weighted by Gasteiger charge is 2.14. The van der Waals surface area contributed by atoms with Gasteiger partial charge in [0, 0.05) is 12.1 Å². The van der Waals surface area contributed by atoms with Crippen LogP contribution in [0.25, 0.3) is 0 Å². The first kappa shape index (κ1) is 13.7. The van der Waals surface area contributed by atoms with Crippen LogP contribution in [0.5, 0.6) is 28.9 Å². The molecule has 0 aliphatic rings. The van der Waals surface area contributed by atoms with Gasteiger partial charge in [-0.25, -0.2) is 0 Å². The van der Waals surface area contributed by atoms with Crippen LogP contribution in [0.2, 0.25) is 0 Å². The molecule has 0 aliphatic carbocycles. The summed E-state index contributed by atoms with van der Waals surface area (Å²) >= 11 is 0. The number of hydrogen-bond donors (Lipinski definition) is 1. The maximum absolute atomic E-state index is 5.57. The van der Waals surface area contributed by atoms with Gasteiger partial charge < -0.3 is 24.7 Å². The molecule has 7 nitrogen and oxygen atoms in total. The topological polar surface area (TPSA) is 88.7 Å². The van der Waals surface area contributed by atoms with Crippen molar-refractivity contribution >= 4 is 5.82 Å². The van der Waals surface area contributed by atoms with E-state index in [1.807, 2.05) is 0 Å². The number of ether oxygens (including phenoxy) is 4. The summed E-state index contributed by atoms with van der Waals surface area (Å²) in [6.45, 7) is 0. The Hall–Kier alpha value is -2.70. The zero-order valence-corrected chi connectivity index (χ0v) is 11.4. The number of anilines is 1. The van der Waals surface area contributed by atoms with Gasteiger partial charge in [0.05, 0.1) is 33.7 Å². The van der Waals surface area contributed by atoms with Crippen molar-refractivity contribution in [3.63, 3.8) is 0 Å². The van der Waals surface area contributed by atoms with Crippen molar-refractivity contribution in [2.45, 2.75) is 0 Å². The molecule has 0 fully saturated rings. The first-order valence-corrected chi connectivity index (χ1v) is 5.73. The van der Waals surface area contributed by atoms with Crippen molar-refractivity contribution in [1.82, 2.24) is 9.97 Å². The zero-order chi connectivity index (χ0) is 14.5. The Bertz CT molecular complexity index is 579. The minimum absolute atomic E-state index is 0.273. The lowest BCUT2D eigenvalue weighted by Crippen LogP contribution is -1.98. The average molecular weight is 277 g/mol. The Kier molecular flexibility index (Phi) is 4.09. The molecule has 0 saturated carbocycles. The standard InChI is InChI=1S/C13H15N3O4/c1-17-9-4-8(5-10(18-2)13(9)19-3)20-12-7-15-6-11(14)16-12/h4-7H,1-3H3,(H2,14,16). The van der Waals surface area contributed by atoms with Gasteiger partial charge in [0.2, 0.25) is 11.6 Å². The van der Waals surface area contributed by atoms with Gasteiger partial charge >= 0.3 is 0 Å². The van der Waals surface area contributed by atoms with Gasteiger partial charge in [-0.3, -0.25) is 4.98 Å². The quantitative estimate of drug-likeness (QED) is 0.892. The molecule has 0 unspecified atom stereocenters. The first-order valence-electron chi connectivity index (χ1n) is 5.73. The van der Waals surface area contributed by atoms with Crippen molar-refractivity contribution in [3.8, 4) is 28.9 Å². The molecule has 106 valence electrons. The molecule has 0 amide bonds. The molecule has 0 spiro atoms. The van der Waals surface area contributed by atoms with Crippen LogP contribution in [0.4, 0.5) is 5.82 Å². The SMILES string of the molecule is COc1cc(Oc2cncc(N)n2)cc(OC)c1OC. The normalized spacial score (nSPS) is 9.95. The lowest BCUT2D eigenvalue weighted by molar-refractivity contribution is 0.320. The molecule has 0 saturated heterocycles. The van der Waals surface area contributed by atoms with Gasteiger partial charge in [0.15, 0.2) is 11.5 Å². The monoisotopic (exact) mass is 277 g/mol. The lowest BCUT2D eigenvalue weighted by atomic mass is 10.2. The van der Waals surface area contributed by atoms with E-state index in [0.717, 1.165) is 0 Å². The highest BCUT2D eigenvalue weighted by atomic mass is 16.5. The number of hydrogen-bond acceptors (Lipinski definition) is 7. The second-order valence-corrected chi connectivity index (χ2v) is 3.75. The van der Waals surface area contributed by atoms with Gasteiger partial charge in [-0.1, -0.05) is 0 Å². The average Bonchev–Trinajstić information content (AvgIpc) is 2.46.